The van der Waals surface area contributed by atoms with E-state index < -0.39 is 0 Å². The summed E-state index contributed by atoms with van der Waals surface area (Å²) < 4.78 is 6.94. The lowest BCUT2D eigenvalue weighted by atomic mass is 9.99. The zero-order chi connectivity index (χ0) is 22.8. The van der Waals surface area contributed by atoms with Gasteiger partial charge in [-0.15, -0.1) is 0 Å². The average molecular weight is 450 g/mol. The molecule has 0 N–H and O–H groups in total. The van der Waals surface area contributed by atoms with Gasteiger partial charge in [0.25, 0.3) is 11.8 Å². The fraction of sp³-hybridized carbons (Fsp3) is 0.435. The second-order valence-corrected chi connectivity index (χ2v) is 8.63. The highest BCUT2D eigenvalue weighted by atomic mass is 16.3. The van der Waals surface area contributed by atoms with Crippen LogP contribution in [0.5, 0.6) is 0 Å². The molecule has 2 aliphatic rings. The number of piperidine rings is 1. The lowest BCUT2D eigenvalue weighted by Crippen LogP contribution is -2.50. The predicted molar refractivity (Wildman–Crippen MR) is 120 cm³/mol. The van der Waals surface area contributed by atoms with Gasteiger partial charge in [-0.25, -0.2) is 15.0 Å². The van der Waals surface area contributed by atoms with Gasteiger partial charge in [-0.3, -0.25) is 14.2 Å². The summed E-state index contributed by atoms with van der Waals surface area (Å²) >= 11 is 0. The van der Waals surface area contributed by atoms with Crippen LogP contribution in [0.4, 0.5) is 5.82 Å². The Hall–Kier alpha value is -3.69. The van der Waals surface area contributed by atoms with Crippen LogP contribution in [0, 0.1) is 5.92 Å². The molecule has 33 heavy (non-hydrogen) atoms. The van der Waals surface area contributed by atoms with E-state index in [1.54, 1.807) is 45.4 Å². The molecule has 3 aromatic heterocycles. The normalized spacial score (nSPS) is 17.4. The zero-order valence-electron chi connectivity index (χ0n) is 18.6. The summed E-state index contributed by atoms with van der Waals surface area (Å²) in [6, 6.07) is 5.28. The monoisotopic (exact) mass is 449 g/mol. The Bertz CT molecular complexity index is 1110. The molecule has 10 nitrogen and oxygen atoms in total. The topological polar surface area (TPSA) is 101 Å². The maximum absolute atomic E-state index is 13.0. The molecule has 172 valence electrons. The first-order chi connectivity index (χ1) is 16.1. The first-order valence-corrected chi connectivity index (χ1v) is 11.3. The van der Waals surface area contributed by atoms with Crippen LogP contribution in [-0.2, 0) is 0 Å². The molecule has 0 aliphatic carbocycles. The number of hydrogen-bond acceptors (Lipinski definition) is 7. The van der Waals surface area contributed by atoms with Gasteiger partial charge in [0.2, 0.25) is 0 Å². The summed E-state index contributed by atoms with van der Waals surface area (Å²) in [6.45, 7) is 6.06. The molecule has 0 radical (unpaired) electrons. The van der Waals surface area contributed by atoms with E-state index in [4.69, 9.17) is 4.42 Å². The molecule has 5 heterocycles. The third-order valence-corrected chi connectivity index (χ3v) is 6.40. The number of aromatic nitrogens is 4. The summed E-state index contributed by atoms with van der Waals surface area (Å²) in [5, 5.41) is 0. The second-order valence-electron chi connectivity index (χ2n) is 8.63. The third kappa shape index (κ3) is 4.46. The molecule has 2 amide bonds. The van der Waals surface area contributed by atoms with E-state index in [1.165, 1.54) is 6.26 Å². The molecular weight excluding hydrogens is 422 g/mol. The van der Waals surface area contributed by atoms with Crippen molar-refractivity contribution in [1.82, 2.24) is 29.3 Å². The Morgan fingerprint density at radius 1 is 0.939 bits per heavy atom. The summed E-state index contributed by atoms with van der Waals surface area (Å²) in [5.74, 6) is 2.33. The first kappa shape index (κ1) is 21.2. The molecular formula is C23H27N7O3. The molecule has 5 rings (SSSR count). The predicted octanol–water partition coefficient (Wildman–Crippen LogP) is 2.09. The van der Waals surface area contributed by atoms with Crippen molar-refractivity contribution >= 4 is 17.6 Å². The Morgan fingerprint density at radius 2 is 1.64 bits per heavy atom. The van der Waals surface area contributed by atoms with Crippen molar-refractivity contribution in [1.29, 1.82) is 0 Å². The smallest absolute Gasteiger partial charge is 0.289 e. The van der Waals surface area contributed by atoms with Crippen molar-refractivity contribution < 1.29 is 14.0 Å². The van der Waals surface area contributed by atoms with E-state index in [0.29, 0.717) is 43.5 Å². The van der Waals surface area contributed by atoms with Gasteiger partial charge in [0, 0.05) is 51.5 Å². The summed E-state index contributed by atoms with van der Waals surface area (Å²) in [5.41, 5.74) is 0.354. The number of furan rings is 1. The molecule has 3 aromatic rings. The molecule has 2 fully saturated rings. The van der Waals surface area contributed by atoms with Crippen LogP contribution in [-0.4, -0.2) is 80.4 Å². The maximum atomic E-state index is 13.0. The minimum atomic E-state index is -0.154. The van der Waals surface area contributed by atoms with Crippen molar-refractivity contribution in [2.75, 3.05) is 44.2 Å². The van der Waals surface area contributed by atoms with Crippen molar-refractivity contribution in [3.05, 3.63) is 54.8 Å². The Labute approximate surface area is 191 Å². The average Bonchev–Trinajstić information content (AvgIpc) is 3.57. The number of anilines is 1. The number of carbonyl (C=O) groups is 2. The number of piperazine rings is 1. The van der Waals surface area contributed by atoms with Gasteiger partial charge in [0.05, 0.1) is 6.26 Å². The van der Waals surface area contributed by atoms with E-state index in [2.05, 4.69) is 26.8 Å². The summed E-state index contributed by atoms with van der Waals surface area (Å²) in [6.07, 6.45) is 8.66. The van der Waals surface area contributed by atoms with Gasteiger partial charge in [0.1, 0.15) is 30.0 Å². The Balaban J connectivity index is 1.22. The van der Waals surface area contributed by atoms with Crippen LogP contribution in [0.2, 0.25) is 0 Å². The summed E-state index contributed by atoms with van der Waals surface area (Å²) in [7, 11) is 0. The number of rotatable bonds is 4. The number of nitrogens with zero attached hydrogens (tertiary/aromatic N) is 7. The van der Waals surface area contributed by atoms with Gasteiger partial charge in [-0.1, -0.05) is 6.92 Å². The number of imidazole rings is 1. The van der Waals surface area contributed by atoms with Crippen LogP contribution in [0.3, 0.4) is 0 Å². The van der Waals surface area contributed by atoms with Gasteiger partial charge >= 0.3 is 0 Å². The van der Waals surface area contributed by atoms with Crippen LogP contribution >= 0.6 is 0 Å². The van der Waals surface area contributed by atoms with Crippen molar-refractivity contribution in [3.63, 3.8) is 0 Å². The van der Waals surface area contributed by atoms with Crippen LogP contribution < -0.4 is 4.90 Å². The van der Waals surface area contributed by atoms with E-state index in [1.807, 2.05) is 6.07 Å². The minimum Gasteiger partial charge on any atom is -0.459 e. The third-order valence-electron chi connectivity index (χ3n) is 6.40. The van der Waals surface area contributed by atoms with Crippen molar-refractivity contribution in [3.8, 4) is 5.82 Å². The fourth-order valence-electron chi connectivity index (χ4n) is 4.28. The number of amides is 2. The largest absolute Gasteiger partial charge is 0.459 e. The highest BCUT2D eigenvalue weighted by Gasteiger charge is 2.27. The Kier molecular flexibility index (Phi) is 5.80. The van der Waals surface area contributed by atoms with Gasteiger partial charge in [0.15, 0.2) is 5.76 Å². The Morgan fingerprint density at radius 3 is 2.33 bits per heavy atom. The molecule has 0 atom stereocenters. The van der Waals surface area contributed by atoms with E-state index in [-0.39, 0.29) is 11.8 Å². The van der Waals surface area contributed by atoms with Crippen molar-refractivity contribution in [2.24, 2.45) is 5.92 Å². The molecule has 2 aliphatic heterocycles. The van der Waals surface area contributed by atoms with Crippen LogP contribution in [0.15, 0.2) is 47.7 Å². The molecule has 0 saturated carbocycles. The first-order valence-electron chi connectivity index (χ1n) is 11.3. The van der Waals surface area contributed by atoms with Gasteiger partial charge in [-0.05, 0) is 30.9 Å². The summed E-state index contributed by atoms with van der Waals surface area (Å²) in [4.78, 5) is 44.2. The highest BCUT2D eigenvalue weighted by Crippen LogP contribution is 2.22. The lowest BCUT2D eigenvalue weighted by Gasteiger charge is -2.33. The van der Waals surface area contributed by atoms with Gasteiger partial charge < -0.3 is 19.1 Å². The van der Waals surface area contributed by atoms with Crippen LogP contribution in [0.25, 0.3) is 5.82 Å². The molecule has 0 unspecified atom stereocenters. The van der Waals surface area contributed by atoms with Gasteiger partial charge in [-0.2, -0.15) is 0 Å². The minimum absolute atomic E-state index is 0.154. The standard InChI is InChI=1S/C23H27N7O3/c1-17-4-6-27(7-5-17)20-13-21(25-15-24-20)30-14-18(26-16-30)22(31)28-8-10-29(11-9-28)23(32)19-3-2-12-33-19/h2-3,12-17H,4-11H2,1H3. The van der Waals surface area contributed by atoms with Crippen LogP contribution in [0.1, 0.15) is 40.8 Å². The van der Waals surface area contributed by atoms with Crippen molar-refractivity contribution in [2.45, 2.75) is 19.8 Å². The zero-order valence-corrected chi connectivity index (χ0v) is 18.6. The maximum Gasteiger partial charge on any atom is 0.289 e. The number of hydrogen-bond donors (Lipinski definition) is 0. The lowest BCUT2D eigenvalue weighted by molar-refractivity contribution is 0.0515. The second kappa shape index (κ2) is 9.05. The van der Waals surface area contributed by atoms with E-state index in [9.17, 15) is 9.59 Å². The number of carbonyl (C=O) groups excluding carboxylic acids is 2. The van der Waals surface area contributed by atoms with E-state index >= 15 is 0 Å². The van der Waals surface area contributed by atoms with E-state index in [0.717, 1.165) is 37.7 Å². The SMILES string of the molecule is CC1CCN(c2cc(-n3cnc(C(=O)N4CCN(C(=O)c5ccco5)CC4)c3)ncn2)CC1. The molecule has 2 saturated heterocycles. The quantitative estimate of drug-likeness (QED) is 0.601. The molecule has 0 bridgehead atoms. The molecule has 0 spiro atoms. The molecule has 10 heteroatoms. The highest BCUT2D eigenvalue weighted by molar-refractivity contribution is 5.93. The fourth-order valence-corrected chi connectivity index (χ4v) is 4.28. The molecule has 0 aromatic carbocycles.